The lowest BCUT2D eigenvalue weighted by atomic mass is 9.94. The molecule has 0 saturated carbocycles. The van der Waals surface area contributed by atoms with Crippen molar-refractivity contribution in [3.05, 3.63) is 0 Å². The van der Waals surface area contributed by atoms with Crippen molar-refractivity contribution in [3.8, 4) is 0 Å². The van der Waals surface area contributed by atoms with E-state index >= 15 is 0 Å². The monoisotopic (exact) mass is 1520 g/mol. The van der Waals surface area contributed by atoms with E-state index in [2.05, 4.69) is 5.32 Å². The number of carbonyl (C=O) groups is 1. The second-order valence-corrected chi connectivity index (χ2v) is 26.0. The van der Waals surface area contributed by atoms with Crippen molar-refractivity contribution in [1.29, 1.82) is 0 Å². The number of hydrogen-bond acceptors (Lipinski definition) is 46. The molecule has 0 aromatic rings. The smallest absolute Gasteiger partial charge is 0.217 e. The van der Waals surface area contributed by atoms with Crippen LogP contribution in [0.5, 0.6) is 0 Å². The van der Waals surface area contributed by atoms with Gasteiger partial charge >= 0.3 is 0 Å². The molecule has 9 heterocycles. The summed E-state index contributed by atoms with van der Waals surface area (Å²) < 4.78 is 98.2. The molecule has 0 radical (unpaired) electrons. The Labute approximate surface area is 581 Å². The largest absolute Gasteiger partial charge is 0.394 e. The first kappa shape index (κ1) is 84.7. The van der Waals surface area contributed by atoms with Crippen molar-refractivity contribution in [2.75, 3.05) is 59.5 Å². The first-order chi connectivity index (χ1) is 48.8. The Morgan fingerprint density at radius 3 is 0.864 bits per heavy atom. The van der Waals surface area contributed by atoms with Crippen LogP contribution in [0.25, 0.3) is 0 Å². The Balaban J connectivity index is 1.04. The van der Waals surface area contributed by atoms with E-state index in [-0.39, 0.29) is 0 Å². The zero-order valence-corrected chi connectivity index (χ0v) is 54.2. The molecule has 9 fully saturated rings. The van der Waals surface area contributed by atoms with Crippen molar-refractivity contribution >= 4 is 5.91 Å². The lowest BCUT2D eigenvalue weighted by Crippen LogP contribution is -2.69. The molecule has 1 amide bonds. The predicted octanol–water partition coefficient (Wildman–Crippen LogP) is -20.5. The summed E-state index contributed by atoms with van der Waals surface area (Å²) in [4.78, 5) is 12.5. The van der Waals surface area contributed by atoms with Crippen molar-refractivity contribution in [2.24, 2.45) is 0 Å². The van der Waals surface area contributed by atoms with Gasteiger partial charge in [-0.15, -0.1) is 0 Å². The topological polar surface area (TPSA) is 752 Å². The number of carbonyl (C=O) groups excluding carboxylic acids is 1. The maximum Gasteiger partial charge on any atom is 0.217 e. The van der Waals surface area contributed by atoms with Gasteiger partial charge in [-0.2, -0.15) is 0 Å². The third kappa shape index (κ3) is 18.0. The molecule has 0 spiro atoms. The predicted molar refractivity (Wildman–Crippen MR) is 309 cm³/mol. The summed E-state index contributed by atoms with van der Waals surface area (Å²) >= 11 is 0. The molecule has 0 aromatic heterocycles. The van der Waals surface area contributed by atoms with Gasteiger partial charge in [0.2, 0.25) is 5.91 Å². The van der Waals surface area contributed by atoms with Crippen LogP contribution in [-0.4, -0.2) is 485 Å². The molecule has 9 rings (SSSR count). The molecule has 47 nitrogen and oxygen atoms in total. The fourth-order valence-electron chi connectivity index (χ4n) is 13.1. The molecule has 1 unspecified atom stereocenters. The number of nitrogens with one attached hydrogen (secondary N) is 1. The van der Waals surface area contributed by atoms with E-state index in [1.165, 1.54) is 0 Å². The molecular weight excluding hydrogens is 1420 g/mol. The van der Waals surface area contributed by atoms with Gasteiger partial charge in [0.1, 0.15) is 220 Å². The summed E-state index contributed by atoms with van der Waals surface area (Å²) in [7, 11) is 0. The summed E-state index contributed by atoms with van der Waals surface area (Å²) in [6, 6.07) is -1.83. The Hall–Kier alpha value is -2.33. The minimum absolute atomic E-state index is 0.898. The van der Waals surface area contributed by atoms with Crippen LogP contribution >= 0.6 is 0 Å². The molecule has 600 valence electrons. The van der Waals surface area contributed by atoms with Gasteiger partial charge in [0, 0.05) is 6.92 Å². The fourth-order valence-corrected chi connectivity index (χ4v) is 13.1. The van der Waals surface area contributed by atoms with E-state index in [4.69, 9.17) is 80.5 Å². The minimum atomic E-state index is -2.53. The number of aliphatic hydroxyl groups is 28. The first-order valence-corrected chi connectivity index (χ1v) is 32.7. The quantitative estimate of drug-likeness (QED) is 0.0382. The highest BCUT2D eigenvalue weighted by Gasteiger charge is 2.60. The lowest BCUT2D eigenvalue weighted by molar-refractivity contribution is -0.407. The van der Waals surface area contributed by atoms with Crippen molar-refractivity contribution < 1.29 is 228 Å². The normalized spacial score (nSPS) is 52.4. The van der Waals surface area contributed by atoms with E-state index in [1.54, 1.807) is 0 Å². The zero-order valence-electron chi connectivity index (χ0n) is 54.2. The van der Waals surface area contributed by atoms with Crippen LogP contribution in [0.1, 0.15) is 6.92 Å². The molecular formula is C56H95NO46. The highest BCUT2D eigenvalue weighted by Crippen LogP contribution is 2.39. The Morgan fingerprint density at radius 1 is 0.252 bits per heavy atom. The Bertz CT molecular complexity index is 2580. The standard InChI is InChI=1S/C56H95NO46/c1-11(65)57-21-42(28(72)18(8-64)89-48(21)86)98-53-41(85)44(100-55-47(36(80)27(71)16(6-62)94-55)103-56-46(35(79)26(70)17(7-63)95-56)102-52-39(83)33(77)24(68)14(4-60)92-52)30(74)20(97-53)9-87-49-40(84)43(99-50-37(81)31(75)22(66)12(2-58)90-50)29(73)19(96-49)10-88-54-45(34(78)25(69)15(5-61)93-54)101-51-38(82)32(76)23(67)13(3-59)91-51/h12-56,58-64,66-86H,2-10H2,1H3,(H,57,65)/t12-,13-,14-,15-,16-,17-,18-,19-,20-,21-,22-,23-,24-,25-,26-,27-,28-,29-,30-,31+,32+,33+,34+,35+,36+,37+,38+,39+,40+,41+,42-,43+,44+,45+,46+,47+,48?,49+,50-,51-,52-,53+,54+,55-,56-/m1/s1. The maximum atomic E-state index is 12.5. The van der Waals surface area contributed by atoms with Crippen LogP contribution in [0.2, 0.25) is 0 Å². The average Bonchev–Trinajstić information content (AvgIpc) is 0.774. The molecule has 0 aliphatic carbocycles. The summed E-state index contributed by atoms with van der Waals surface area (Å²) in [6.07, 6.45) is -93.4. The van der Waals surface area contributed by atoms with Crippen molar-refractivity contribution in [1.82, 2.24) is 5.32 Å². The number of amides is 1. The van der Waals surface area contributed by atoms with E-state index in [0.29, 0.717) is 0 Å². The fraction of sp³-hybridized carbons (Fsp3) is 0.982. The second-order valence-electron chi connectivity index (χ2n) is 26.0. The van der Waals surface area contributed by atoms with Crippen LogP contribution < -0.4 is 5.32 Å². The van der Waals surface area contributed by atoms with Crippen molar-refractivity contribution in [2.45, 2.75) is 283 Å². The third-order valence-corrected chi connectivity index (χ3v) is 19.1. The average molecular weight is 1520 g/mol. The molecule has 29 N–H and O–H groups in total. The third-order valence-electron chi connectivity index (χ3n) is 19.1. The second kappa shape index (κ2) is 36.7. The number of ether oxygens (including phenoxy) is 17. The van der Waals surface area contributed by atoms with Crippen LogP contribution in [0.4, 0.5) is 0 Å². The van der Waals surface area contributed by atoms with Crippen LogP contribution in [-0.2, 0) is 85.3 Å². The van der Waals surface area contributed by atoms with E-state index in [1.807, 2.05) is 0 Å². The molecule has 9 aliphatic rings. The van der Waals surface area contributed by atoms with Gasteiger partial charge in [-0.25, -0.2) is 0 Å². The van der Waals surface area contributed by atoms with E-state index in [0.717, 1.165) is 6.92 Å². The van der Waals surface area contributed by atoms with E-state index < -0.39 is 342 Å². The summed E-state index contributed by atoms with van der Waals surface area (Å²) in [5.41, 5.74) is 0. The van der Waals surface area contributed by atoms with Gasteiger partial charge in [0.05, 0.1) is 59.5 Å². The number of rotatable bonds is 26. The van der Waals surface area contributed by atoms with Gasteiger partial charge in [-0.05, 0) is 0 Å². The number of aliphatic hydroxyl groups excluding tert-OH is 28. The van der Waals surface area contributed by atoms with Crippen LogP contribution in [0.15, 0.2) is 0 Å². The minimum Gasteiger partial charge on any atom is -0.394 e. The first-order valence-electron chi connectivity index (χ1n) is 32.7. The van der Waals surface area contributed by atoms with Gasteiger partial charge in [0.25, 0.3) is 0 Å². The van der Waals surface area contributed by atoms with Crippen LogP contribution in [0, 0.1) is 0 Å². The van der Waals surface area contributed by atoms with Crippen LogP contribution in [0.3, 0.4) is 0 Å². The van der Waals surface area contributed by atoms with Gasteiger partial charge in [-0.1, -0.05) is 0 Å². The van der Waals surface area contributed by atoms with Gasteiger partial charge in [-0.3, -0.25) is 4.79 Å². The molecule has 9 aliphatic heterocycles. The molecule has 103 heavy (non-hydrogen) atoms. The van der Waals surface area contributed by atoms with Gasteiger partial charge < -0.3 is 229 Å². The summed E-state index contributed by atoms with van der Waals surface area (Å²) in [5.74, 6) is -0.898. The Morgan fingerprint density at radius 2 is 0.495 bits per heavy atom. The Kier molecular flexibility index (Phi) is 30.2. The zero-order chi connectivity index (χ0) is 75.6. The van der Waals surface area contributed by atoms with Crippen molar-refractivity contribution in [3.63, 3.8) is 0 Å². The molecule has 0 aromatic carbocycles. The number of hydrogen-bond donors (Lipinski definition) is 29. The lowest BCUT2D eigenvalue weighted by Gasteiger charge is -2.50. The summed E-state index contributed by atoms with van der Waals surface area (Å²) in [6.45, 7) is -8.72. The maximum absolute atomic E-state index is 12.5. The molecule has 0 bridgehead atoms. The summed E-state index contributed by atoms with van der Waals surface area (Å²) in [5, 5.41) is 308. The molecule has 47 heteroatoms. The molecule has 45 atom stereocenters. The SMILES string of the molecule is CC(=O)N[C@H]1C(O)O[C@H](CO)[C@@H](O)[C@@H]1O[C@@H]1O[C@H](CO[C@H]2O[C@H](CO[C@H]3O[C@H](CO)[C@@H](O)[C@H](O)[C@@H]3O[C@H]3O[C@H](CO)[C@@H](O)[C@H](O)[C@@H]3O)[C@@H](O)[C@H](O[C@H]3O[C@H](CO)[C@@H](O)[C@H](O)[C@@H]3O)[C@@H]2O)[C@@H](O)[C@H](O[C@H]2O[C@H](CO)[C@@H](O)[C@H](O)[C@@H]2O[C@H]2O[C@H](CO)[C@@H](O)[C@H](O)[C@@H]2O[C@H]2O[C@H](CO)[C@@H](O)[C@H](O)[C@@H]2O)[C@@H]1O. The highest BCUT2D eigenvalue weighted by atomic mass is 16.8. The highest BCUT2D eigenvalue weighted by molar-refractivity contribution is 5.73. The molecule has 9 saturated heterocycles. The van der Waals surface area contributed by atoms with Gasteiger partial charge in [0.15, 0.2) is 56.6 Å². The van der Waals surface area contributed by atoms with E-state index in [9.17, 15) is 148 Å².